The maximum atomic E-state index is 14.4. The highest BCUT2D eigenvalue weighted by Crippen LogP contribution is 2.53. The number of pyridine rings is 1. The summed E-state index contributed by atoms with van der Waals surface area (Å²) in [6, 6.07) is 3.95. The Bertz CT molecular complexity index is 574. The third-order valence-corrected chi connectivity index (χ3v) is 5.51. The molecule has 0 saturated heterocycles. The van der Waals surface area contributed by atoms with E-state index in [4.69, 9.17) is 4.74 Å². The average Bonchev–Trinajstić information content (AvgIpc) is 2.62. The van der Waals surface area contributed by atoms with Crippen LogP contribution in [0.3, 0.4) is 0 Å². The zero-order valence-electron chi connectivity index (χ0n) is 13.9. The predicted molar refractivity (Wildman–Crippen MR) is 85.6 cm³/mol. The van der Waals surface area contributed by atoms with Crippen LogP contribution in [0.2, 0.25) is 0 Å². The summed E-state index contributed by atoms with van der Waals surface area (Å²) in [7, 11) is 0. The molecular formula is C18H24F2N2O2. The number of nitrogens with one attached hydrogen (secondary N) is 1. The molecule has 1 aromatic rings. The summed E-state index contributed by atoms with van der Waals surface area (Å²) in [5.41, 5.74) is -0.690. The fraction of sp³-hybridized carbons (Fsp3) is 0.667. The average molecular weight is 338 g/mol. The van der Waals surface area contributed by atoms with Crippen LogP contribution in [0.5, 0.6) is 0 Å². The molecule has 0 aromatic carbocycles. The van der Waals surface area contributed by atoms with E-state index in [0.29, 0.717) is 13.0 Å². The lowest BCUT2D eigenvalue weighted by molar-refractivity contribution is -0.169. The molecule has 0 aliphatic heterocycles. The predicted octanol–water partition coefficient (Wildman–Crippen LogP) is 3.42. The van der Waals surface area contributed by atoms with E-state index in [2.05, 4.69) is 10.3 Å². The summed E-state index contributed by atoms with van der Waals surface area (Å²) in [6.07, 6.45) is 7.09. The molecule has 2 saturated carbocycles. The molecule has 2 fully saturated rings. The van der Waals surface area contributed by atoms with E-state index in [9.17, 15) is 13.6 Å². The summed E-state index contributed by atoms with van der Waals surface area (Å²) in [5.74, 6) is -4.88. The van der Waals surface area contributed by atoms with Crippen molar-refractivity contribution in [3.05, 3.63) is 30.1 Å². The number of aromatic nitrogens is 1. The van der Waals surface area contributed by atoms with Crippen LogP contribution in [-0.2, 0) is 15.5 Å². The Morgan fingerprint density at radius 3 is 2.75 bits per heavy atom. The Kier molecular flexibility index (Phi) is 4.85. The fourth-order valence-corrected chi connectivity index (χ4v) is 4.18. The number of nitrogens with zero attached hydrogens (tertiary/aromatic N) is 1. The Labute approximate surface area is 141 Å². The van der Waals surface area contributed by atoms with Crippen LogP contribution in [-0.4, -0.2) is 29.6 Å². The molecule has 1 aromatic heterocycles. The van der Waals surface area contributed by atoms with Gasteiger partial charge in [0.25, 0.3) is 5.91 Å². The molecule has 2 aliphatic carbocycles. The van der Waals surface area contributed by atoms with Crippen LogP contribution in [0, 0.1) is 5.41 Å². The number of ether oxygens (including phenoxy) is 1. The van der Waals surface area contributed by atoms with E-state index < -0.39 is 17.5 Å². The molecule has 0 unspecified atom stereocenters. The van der Waals surface area contributed by atoms with Crippen molar-refractivity contribution >= 4 is 5.91 Å². The Morgan fingerprint density at radius 1 is 1.38 bits per heavy atom. The van der Waals surface area contributed by atoms with Crippen molar-refractivity contribution in [2.75, 3.05) is 6.61 Å². The maximum Gasteiger partial charge on any atom is 0.366 e. The molecule has 132 valence electrons. The number of hydrogen-bond donors (Lipinski definition) is 1. The number of alkyl halides is 2. The van der Waals surface area contributed by atoms with Crippen molar-refractivity contribution in [1.29, 1.82) is 0 Å². The minimum absolute atomic E-state index is 0.0663. The number of carbonyl (C=O) groups is 1. The quantitative estimate of drug-likeness (QED) is 0.895. The van der Waals surface area contributed by atoms with Gasteiger partial charge >= 0.3 is 5.92 Å². The van der Waals surface area contributed by atoms with Crippen molar-refractivity contribution in [1.82, 2.24) is 10.3 Å². The highest BCUT2D eigenvalue weighted by molar-refractivity contribution is 5.84. The van der Waals surface area contributed by atoms with Gasteiger partial charge in [-0.25, -0.2) is 0 Å². The van der Waals surface area contributed by atoms with Crippen LogP contribution in [0.4, 0.5) is 8.78 Å². The lowest BCUT2D eigenvalue weighted by atomic mass is 9.55. The largest absolute Gasteiger partial charge is 0.378 e. The first-order valence-corrected chi connectivity index (χ1v) is 8.72. The molecule has 1 N–H and O–H groups in total. The smallest absolute Gasteiger partial charge is 0.366 e. The topological polar surface area (TPSA) is 51.2 Å². The van der Waals surface area contributed by atoms with Gasteiger partial charge < -0.3 is 10.1 Å². The lowest BCUT2D eigenvalue weighted by Gasteiger charge is -2.57. The van der Waals surface area contributed by atoms with Gasteiger partial charge in [0.05, 0.1) is 6.10 Å². The van der Waals surface area contributed by atoms with Crippen LogP contribution in [0.25, 0.3) is 0 Å². The van der Waals surface area contributed by atoms with E-state index in [1.165, 1.54) is 18.3 Å². The molecular weight excluding hydrogens is 314 g/mol. The number of amides is 1. The molecule has 2 aliphatic rings. The van der Waals surface area contributed by atoms with Gasteiger partial charge in [0.1, 0.15) is 5.69 Å². The summed E-state index contributed by atoms with van der Waals surface area (Å²) in [6.45, 7) is 2.55. The van der Waals surface area contributed by atoms with Gasteiger partial charge in [0, 0.05) is 24.3 Å². The molecule has 1 heterocycles. The second-order valence-electron chi connectivity index (χ2n) is 6.79. The molecule has 1 spiro atoms. The number of halogens is 2. The number of hydrogen-bond acceptors (Lipinski definition) is 3. The Balaban J connectivity index is 1.72. The molecule has 0 radical (unpaired) electrons. The van der Waals surface area contributed by atoms with Gasteiger partial charge in [0.2, 0.25) is 0 Å². The molecule has 3 rings (SSSR count). The van der Waals surface area contributed by atoms with Crippen molar-refractivity contribution < 1.29 is 18.3 Å². The van der Waals surface area contributed by atoms with E-state index in [0.717, 1.165) is 32.1 Å². The third-order valence-electron chi connectivity index (χ3n) is 5.51. The Hall–Kier alpha value is -1.56. The number of rotatable bonds is 5. The van der Waals surface area contributed by atoms with E-state index >= 15 is 0 Å². The normalized spacial score (nSPS) is 26.0. The van der Waals surface area contributed by atoms with Gasteiger partial charge in [-0.3, -0.25) is 9.78 Å². The van der Waals surface area contributed by atoms with Gasteiger partial charge in [-0.1, -0.05) is 25.3 Å². The summed E-state index contributed by atoms with van der Waals surface area (Å²) < 4.78 is 34.5. The summed E-state index contributed by atoms with van der Waals surface area (Å²) >= 11 is 0. The highest BCUT2D eigenvalue weighted by Gasteiger charge is 2.57. The van der Waals surface area contributed by atoms with Gasteiger partial charge in [-0.2, -0.15) is 8.78 Å². The first-order chi connectivity index (χ1) is 11.5. The zero-order chi connectivity index (χ0) is 17.2. The molecule has 1 amide bonds. The first-order valence-electron chi connectivity index (χ1n) is 8.72. The SMILES string of the molecule is CCO[C@H]1C[C@H](NC(=O)C(F)(F)c2ccccn2)C12CCCCC2. The Morgan fingerprint density at radius 2 is 2.12 bits per heavy atom. The fourth-order valence-electron chi connectivity index (χ4n) is 4.18. The van der Waals surface area contributed by atoms with Gasteiger partial charge in [-0.05, 0) is 38.3 Å². The zero-order valence-corrected chi connectivity index (χ0v) is 13.9. The lowest BCUT2D eigenvalue weighted by Crippen LogP contribution is -2.66. The van der Waals surface area contributed by atoms with Gasteiger partial charge in [0.15, 0.2) is 0 Å². The number of carbonyl (C=O) groups excluding carboxylic acids is 1. The van der Waals surface area contributed by atoms with E-state index in [1.54, 1.807) is 6.07 Å². The van der Waals surface area contributed by atoms with Crippen LogP contribution < -0.4 is 5.32 Å². The minimum Gasteiger partial charge on any atom is -0.378 e. The standard InChI is InChI=1S/C18H24F2N2O2/c1-2-24-15-12-14(17(15)9-5-3-6-10-17)22-16(23)18(19,20)13-8-4-7-11-21-13/h4,7-8,11,14-15H,2-3,5-6,9-10,12H2,1H3,(H,22,23)/t14-,15-/m0/s1. The van der Waals surface area contributed by atoms with E-state index in [-0.39, 0.29) is 17.6 Å². The summed E-state index contributed by atoms with van der Waals surface area (Å²) in [5, 5.41) is 2.60. The van der Waals surface area contributed by atoms with Gasteiger partial charge in [-0.15, -0.1) is 0 Å². The van der Waals surface area contributed by atoms with Crippen molar-refractivity contribution in [3.8, 4) is 0 Å². The van der Waals surface area contributed by atoms with Crippen LogP contribution in [0.1, 0.15) is 51.1 Å². The second-order valence-corrected chi connectivity index (χ2v) is 6.79. The van der Waals surface area contributed by atoms with Crippen molar-refractivity contribution in [2.24, 2.45) is 5.41 Å². The maximum absolute atomic E-state index is 14.4. The first kappa shape index (κ1) is 17.3. The van der Waals surface area contributed by atoms with Crippen LogP contribution >= 0.6 is 0 Å². The second kappa shape index (κ2) is 6.75. The summed E-state index contributed by atoms with van der Waals surface area (Å²) in [4.78, 5) is 15.9. The van der Waals surface area contributed by atoms with E-state index in [1.807, 2.05) is 6.92 Å². The molecule has 0 bridgehead atoms. The minimum atomic E-state index is -3.62. The van der Waals surface area contributed by atoms with Crippen molar-refractivity contribution in [2.45, 2.75) is 63.5 Å². The molecule has 24 heavy (non-hydrogen) atoms. The monoisotopic (exact) mass is 338 g/mol. The van der Waals surface area contributed by atoms with Crippen LogP contribution in [0.15, 0.2) is 24.4 Å². The third kappa shape index (κ3) is 2.92. The highest BCUT2D eigenvalue weighted by atomic mass is 19.3. The molecule has 2 atom stereocenters. The molecule has 6 heteroatoms. The van der Waals surface area contributed by atoms with Crippen molar-refractivity contribution in [3.63, 3.8) is 0 Å². The molecule has 4 nitrogen and oxygen atoms in total.